The zero-order chi connectivity index (χ0) is 17.9. The second-order valence-electron chi connectivity index (χ2n) is 7.02. The van der Waals surface area contributed by atoms with Crippen molar-refractivity contribution in [3.63, 3.8) is 0 Å². The van der Waals surface area contributed by atoms with Crippen molar-refractivity contribution in [2.75, 3.05) is 19.6 Å². The molecule has 1 saturated heterocycles. The van der Waals surface area contributed by atoms with Crippen molar-refractivity contribution in [1.29, 1.82) is 0 Å². The van der Waals surface area contributed by atoms with Crippen molar-refractivity contribution in [3.05, 3.63) is 58.0 Å². The topological polar surface area (TPSA) is 37.1 Å². The first-order valence-corrected chi connectivity index (χ1v) is 10.1. The summed E-state index contributed by atoms with van der Waals surface area (Å²) in [4.78, 5) is 15.4. The fourth-order valence-electron chi connectivity index (χ4n) is 3.80. The van der Waals surface area contributed by atoms with E-state index in [-0.39, 0.29) is 17.8 Å². The molecule has 0 radical (unpaired) electrons. The van der Waals surface area contributed by atoms with E-state index >= 15 is 0 Å². The van der Waals surface area contributed by atoms with E-state index in [9.17, 15) is 9.18 Å². The third-order valence-corrected chi connectivity index (χ3v) is 6.11. The lowest BCUT2D eigenvalue weighted by atomic mass is 10.0. The molecule has 1 fully saturated rings. The van der Waals surface area contributed by atoms with Gasteiger partial charge in [0.15, 0.2) is 6.54 Å². The molecule has 2 aromatic rings. The van der Waals surface area contributed by atoms with Crippen molar-refractivity contribution < 1.29 is 14.1 Å². The largest absolute Gasteiger partial charge is 0.327 e. The van der Waals surface area contributed by atoms with Crippen LogP contribution in [0.25, 0.3) is 0 Å². The molecule has 136 valence electrons. The fraction of sp³-hybridized carbons (Fsp3) is 0.400. The molecule has 0 spiro atoms. The first-order chi connectivity index (χ1) is 12.7. The Morgan fingerprint density at radius 2 is 1.96 bits per heavy atom. The zero-order valence-electron chi connectivity index (χ0n) is 14.7. The first-order valence-electron chi connectivity index (χ1n) is 9.23. The predicted molar refractivity (Wildman–Crippen MR) is 101 cm³/mol. The maximum Gasteiger partial charge on any atom is 0.298 e. The molecule has 1 amide bonds. The summed E-state index contributed by atoms with van der Waals surface area (Å²) in [5.41, 5.74) is 1.88. The van der Waals surface area contributed by atoms with Gasteiger partial charge in [0.2, 0.25) is 0 Å². The zero-order valence-corrected chi connectivity index (χ0v) is 15.5. The molecule has 0 bridgehead atoms. The average Bonchev–Trinajstić information content (AvgIpc) is 3.33. The summed E-state index contributed by atoms with van der Waals surface area (Å²) in [5, 5.41) is 8.34. The Hall–Kier alpha value is -2.05. The summed E-state index contributed by atoms with van der Waals surface area (Å²) in [6.45, 7) is 2.60. The molecule has 4 nitrogen and oxygen atoms in total. The van der Waals surface area contributed by atoms with Gasteiger partial charge in [-0.05, 0) is 48.4 Å². The summed E-state index contributed by atoms with van der Waals surface area (Å²) in [6, 6.07) is 10.3. The number of benzene rings is 1. The minimum Gasteiger partial charge on any atom is -0.327 e. The lowest BCUT2D eigenvalue weighted by Gasteiger charge is -2.27. The molecule has 1 aromatic carbocycles. The third kappa shape index (κ3) is 3.71. The molecular formula is C20H23FN3OS+. The Balaban J connectivity index is 1.57. The number of halogens is 1. The van der Waals surface area contributed by atoms with Gasteiger partial charge < -0.3 is 4.90 Å². The Kier molecular flexibility index (Phi) is 5.13. The molecule has 4 rings (SSSR count). The molecule has 1 aromatic heterocycles. The Morgan fingerprint density at radius 3 is 2.65 bits per heavy atom. The SMILES string of the molecule is O=C(C[NH+]1CCCCC1)N1N=C(c2cccs2)C[C@@H]1c1ccc(F)cc1. The Bertz CT molecular complexity index is 782. The van der Waals surface area contributed by atoms with Crippen LogP contribution in [-0.2, 0) is 4.79 Å². The molecule has 0 unspecified atom stereocenters. The summed E-state index contributed by atoms with van der Waals surface area (Å²) in [7, 11) is 0. The standard InChI is InChI=1S/C20H22FN3OS/c21-16-8-6-15(7-9-16)18-13-17(19-5-4-12-26-19)22-24(18)20(25)14-23-10-2-1-3-11-23/h4-9,12,18H,1-3,10-11,13-14H2/p+1/t18-/m1/s1. The number of amides is 1. The van der Waals surface area contributed by atoms with Gasteiger partial charge in [0.25, 0.3) is 5.91 Å². The normalized spacial score (nSPS) is 21.0. The van der Waals surface area contributed by atoms with E-state index in [1.165, 1.54) is 36.3 Å². The van der Waals surface area contributed by atoms with Crippen molar-refractivity contribution in [2.45, 2.75) is 31.7 Å². The second kappa shape index (κ2) is 7.68. The monoisotopic (exact) mass is 372 g/mol. The maximum atomic E-state index is 13.3. The van der Waals surface area contributed by atoms with Crippen LogP contribution in [-0.4, -0.2) is 36.3 Å². The number of nitrogens with zero attached hydrogens (tertiary/aromatic N) is 2. The average molecular weight is 372 g/mol. The van der Waals surface area contributed by atoms with Crippen LogP contribution < -0.4 is 4.90 Å². The fourth-order valence-corrected chi connectivity index (χ4v) is 4.52. The van der Waals surface area contributed by atoms with Crippen LogP contribution in [0.2, 0.25) is 0 Å². The van der Waals surface area contributed by atoms with Crippen molar-refractivity contribution >= 4 is 23.0 Å². The van der Waals surface area contributed by atoms with Crippen molar-refractivity contribution in [2.24, 2.45) is 5.10 Å². The van der Waals surface area contributed by atoms with E-state index in [0.717, 1.165) is 29.2 Å². The number of nitrogens with one attached hydrogen (secondary N) is 1. The first kappa shape index (κ1) is 17.4. The van der Waals surface area contributed by atoms with E-state index in [4.69, 9.17) is 0 Å². The van der Waals surface area contributed by atoms with Crippen LogP contribution >= 0.6 is 11.3 Å². The number of hydrazone groups is 1. The van der Waals surface area contributed by atoms with Gasteiger partial charge in [-0.15, -0.1) is 11.3 Å². The number of rotatable bonds is 4. The van der Waals surface area contributed by atoms with Crippen LogP contribution in [0.4, 0.5) is 4.39 Å². The van der Waals surface area contributed by atoms with Crippen molar-refractivity contribution in [1.82, 2.24) is 5.01 Å². The number of quaternary nitrogens is 1. The minimum absolute atomic E-state index is 0.0581. The van der Waals surface area contributed by atoms with E-state index in [1.807, 2.05) is 17.5 Å². The molecule has 0 saturated carbocycles. The maximum absolute atomic E-state index is 13.3. The van der Waals surface area contributed by atoms with Gasteiger partial charge in [-0.2, -0.15) is 5.10 Å². The van der Waals surface area contributed by atoms with Gasteiger partial charge in [0.05, 0.1) is 29.7 Å². The number of hydrogen-bond acceptors (Lipinski definition) is 3. The van der Waals surface area contributed by atoms with E-state index in [0.29, 0.717) is 13.0 Å². The number of carbonyl (C=O) groups excluding carboxylic acids is 1. The number of carbonyl (C=O) groups is 1. The Morgan fingerprint density at radius 1 is 1.19 bits per heavy atom. The van der Waals surface area contributed by atoms with Gasteiger partial charge in [0, 0.05) is 6.42 Å². The summed E-state index contributed by atoms with van der Waals surface area (Å²) >= 11 is 1.64. The van der Waals surface area contributed by atoms with E-state index in [2.05, 4.69) is 5.10 Å². The molecular weight excluding hydrogens is 349 g/mol. The predicted octanol–water partition coefficient (Wildman–Crippen LogP) is 2.63. The number of hydrogen-bond donors (Lipinski definition) is 1. The lowest BCUT2D eigenvalue weighted by Crippen LogP contribution is -3.13. The van der Waals surface area contributed by atoms with E-state index < -0.39 is 0 Å². The van der Waals surface area contributed by atoms with Crippen LogP contribution in [0.15, 0.2) is 46.9 Å². The summed E-state index contributed by atoms with van der Waals surface area (Å²) in [6.07, 6.45) is 4.31. The smallest absolute Gasteiger partial charge is 0.298 e. The summed E-state index contributed by atoms with van der Waals surface area (Å²) < 4.78 is 13.3. The van der Waals surface area contributed by atoms with Crippen LogP contribution in [0, 0.1) is 5.82 Å². The van der Waals surface area contributed by atoms with Gasteiger partial charge in [0.1, 0.15) is 5.82 Å². The third-order valence-electron chi connectivity index (χ3n) is 5.19. The molecule has 2 aliphatic rings. The molecule has 26 heavy (non-hydrogen) atoms. The number of piperidine rings is 1. The van der Waals surface area contributed by atoms with Gasteiger partial charge >= 0.3 is 0 Å². The number of likely N-dealkylation sites (tertiary alicyclic amines) is 1. The highest BCUT2D eigenvalue weighted by Gasteiger charge is 2.35. The van der Waals surface area contributed by atoms with Gasteiger partial charge in [-0.25, -0.2) is 9.40 Å². The highest BCUT2D eigenvalue weighted by molar-refractivity contribution is 7.12. The molecule has 3 heterocycles. The van der Waals surface area contributed by atoms with Crippen LogP contribution in [0.5, 0.6) is 0 Å². The number of thiophene rings is 1. The molecule has 1 atom stereocenters. The quantitative estimate of drug-likeness (QED) is 0.880. The minimum atomic E-state index is -0.262. The molecule has 1 N–H and O–H groups in total. The Labute approximate surface area is 156 Å². The van der Waals surface area contributed by atoms with Gasteiger partial charge in [-0.3, -0.25) is 4.79 Å². The second-order valence-corrected chi connectivity index (χ2v) is 7.97. The van der Waals surface area contributed by atoms with Crippen LogP contribution in [0.3, 0.4) is 0 Å². The highest BCUT2D eigenvalue weighted by atomic mass is 32.1. The van der Waals surface area contributed by atoms with Crippen LogP contribution in [0.1, 0.15) is 42.2 Å². The lowest BCUT2D eigenvalue weighted by molar-refractivity contribution is -0.897. The molecule has 0 aliphatic carbocycles. The molecule has 2 aliphatic heterocycles. The summed E-state index contributed by atoms with van der Waals surface area (Å²) in [5.74, 6) is -0.204. The van der Waals surface area contributed by atoms with Gasteiger partial charge in [-0.1, -0.05) is 18.2 Å². The van der Waals surface area contributed by atoms with Crippen molar-refractivity contribution in [3.8, 4) is 0 Å². The van der Waals surface area contributed by atoms with E-state index in [1.54, 1.807) is 28.5 Å². The highest BCUT2D eigenvalue weighted by Crippen LogP contribution is 2.33. The molecule has 6 heteroatoms.